The molecule has 0 amide bonds. The Balaban J connectivity index is 0.000001000. The van der Waals surface area contributed by atoms with Crippen LogP contribution in [-0.4, -0.2) is 52.0 Å². The van der Waals surface area contributed by atoms with Crippen molar-refractivity contribution in [2.24, 2.45) is 0 Å². The zero-order valence-corrected chi connectivity index (χ0v) is 6.13. The first-order valence-electron chi connectivity index (χ1n) is 3.05. The molecule has 0 N–H and O–H groups in total. The zero-order chi connectivity index (χ0) is 7.40. The molecule has 0 aliphatic carbocycles. The van der Waals surface area contributed by atoms with Gasteiger partial charge < -0.3 is 9.47 Å². The number of hydrogen-bond donors (Lipinski definition) is 0. The van der Waals surface area contributed by atoms with Crippen LogP contribution in [0.15, 0.2) is 24.3 Å². The Morgan fingerprint density at radius 2 is 1.27 bits per heavy atom. The molecule has 0 bridgehead atoms. The van der Waals surface area contributed by atoms with Gasteiger partial charge in [0.15, 0.2) is 11.5 Å². The van der Waals surface area contributed by atoms with E-state index in [0.717, 1.165) is 11.5 Å². The minimum absolute atomic E-state index is 0. The Kier molecular flexibility index (Phi) is 5.74. The van der Waals surface area contributed by atoms with Gasteiger partial charge in [-0.25, -0.2) is 0 Å². The van der Waals surface area contributed by atoms with Gasteiger partial charge >= 0.3 is 37.7 Å². The van der Waals surface area contributed by atoms with Crippen LogP contribution in [0.1, 0.15) is 0 Å². The molecule has 0 atom stereocenters. The molecule has 0 heterocycles. The summed E-state index contributed by atoms with van der Waals surface area (Å²) in [6.45, 7) is 0. The number of ether oxygens (including phenoxy) is 2. The van der Waals surface area contributed by atoms with E-state index in [1.165, 1.54) is 0 Å². The predicted molar refractivity (Wildman–Crippen MR) is 48.1 cm³/mol. The van der Waals surface area contributed by atoms with E-state index in [9.17, 15) is 0 Å². The summed E-state index contributed by atoms with van der Waals surface area (Å²) < 4.78 is 10.0. The summed E-state index contributed by atoms with van der Waals surface area (Å²) in [7, 11) is 3.25. The van der Waals surface area contributed by atoms with Crippen molar-refractivity contribution in [3.8, 4) is 11.5 Å². The second-order valence-electron chi connectivity index (χ2n) is 1.85. The van der Waals surface area contributed by atoms with Gasteiger partial charge in [-0.05, 0) is 12.1 Å². The van der Waals surface area contributed by atoms with Gasteiger partial charge in [0.1, 0.15) is 0 Å². The zero-order valence-electron chi connectivity index (χ0n) is 6.13. The van der Waals surface area contributed by atoms with Gasteiger partial charge in [0.05, 0.1) is 14.2 Å². The predicted octanol–water partition coefficient (Wildman–Crippen LogP) is 0.788. The van der Waals surface area contributed by atoms with Crippen molar-refractivity contribution >= 4 is 37.7 Å². The molecule has 0 aromatic heterocycles. The van der Waals surface area contributed by atoms with E-state index in [1.54, 1.807) is 14.2 Å². The Morgan fingerprint density at radius 1 is 0.909 bits per heavy atom. The fraction of sp³-hybridized carbons (Fsp3) is 0.250. The van der Waals surface area contributed by atoms with Crippen molar-refractivity contribution in [1.29, 1.82) is 0 Å². The van der Waals surface area contributed by atoms with Crippen molar-refractivity contribution in [2.75, 3.05) is 14.2 Å². The van der Waals surface area contributed by atoms with Gasteiger partial charge in [-0.1, -0.05) is 12.1 Å². The van der Waals surface area contributed by atoms with Gasteiger partial charge in [0.25, 0.3) is 0 Å². The van der Waals surface area contributed by atoms with E-state index in [4.69, 9.17) is 9.47 Å². The molecule has 0 saturated carbocycles. The van der Waals surface area contributed by atoms with Crippen molar-refractivity contribution in [3.63, 3.8) is 0 Å². The van der Waals surface area contributed by atoms with Gasteiger partial charge in [0.2, 0.25) is 0 Å². The number of benzene rings is 1. The van der Waals surface area contributed by atoms with Gasteiger partial charge in [-0.15, -0.1) is 0 Å². The molecule has 0 spiro atoms. The maximum atomic E-state index is 5.01. The van der Waals surface area contributed by atoms with E-state index in [-0.39, 0.29) is 37.7 Å². The summed E-state index contributed by atoms with van der Waals surface area (Å²) >= 11 is 0. The number of para-hydroxylation sites is 2. The second-order valence-corrected chi connectivity index (χ2v) is 1.85. The van der Waals surface area contributed by atoms with Crippen LogP contribution in [-0.2, 0) is 0 Å². The molecular formula is C8H12CaO2. The van der Waals surface area contributed by atoms with Gasteiger partial charge in [-0.2, -0.15) is 0 Å². The minimum atomic E-state index is 0. The summed E-state index contributed by atoms with van der Waals surface area (Å²) in [4.78, 5) is 0. The Labute approximate surface area is 96.5 Å². The molecule has 0 radical (unpaired) electrons. The fourth-order valence-corrected chi connectivity index (χ4v) is 0.787. The van der Waals surface area contributed by atoms with Crippen LogP contribution in [0, 0.1) is 0 Å². The topological polar surface area (TPSA) is 18.5 Å². The van der Waals surface area contributed by atoms with Crippen molar-refractivity contribution < 1.29 is 9.47 Å². The molecule has 58 valence electrons. The summed E-state index contributed by atoms with van der Waals surface area (Å²) in [6, 6.07) is 7.53. The van der Waals surface area contributed by atoms with Crippen LogP contribution < -0.4 is 9.47 Å². The maximum absolute atomic E-state index is 5.01. The summed E-state index contributed by atoms with van der Waals surface area (Å²) in [5.41, 5.74) is 0. The van der Waals surface area contributed by atoms with E-state index in [1.807, 2.05) is 24.3 Å². The molecule has 0 unspecified atom stereocenters. The monoisotopic (exact) mass is 180 g/mol. The van der Waals surface area contributed by atoms with Gasteiger partial charge in [0, 0.05) is 0 Å². The van der Waals surface area contributed by atoms with Crippen LogP contribution in [0.5, 0.6) is 11.5 Å². The van der Waals surface area contributed by atoms with E-state index in [0.29, 0.717) is 0 Å². The number of hydrogen-bond acceptors (Lipinski definition) is 2. The third-order valence-electron chi connectivity index (χ3n) is 1.29. The normalized spacial score (nSPS) is 8.18. The Hall–Kier alpha value is 0.0797. The standard InChI is InChI=1S/C8H10O2.Ca.2H/c1-9-7-5-3-4-6-8(7)10-2;;;/h3-6H,1-2H3;;;. The molecular weight excluding hydrogens is 168 g/mol. The molecule has 0 aliphatic rings. The molecule has 0 fully saturated rings. The number of rotatable bonds is 2. The van der Waals surface area contributed by atoms with Crippen LogP contribution in [0.2, 0.25) is 0 Å². The average Bonchev–Trinajstić information content (AvgIpc) is 2.04. The van der Waals surface area contributed by atoms with Crippen LogP contribution in [0.4, 0.5) is 0 Å². The van der Waals surface area contributed by atoms with Crippen molar-refractivity contribution in [1.82, 2.24) is 0 Å². The quantitative estimate of drug-likeness (QED) is 0.626. The first-order valence-corrected chi connectivity index (χ1v) is 3.05. The molecule has 0 saturated heterocycles. The van der Waals surface area contributed by atoms with E-state index in [2.05, 4.69) is 0 Å². The third-order valence-corrected chi connectivity index (χ3v) is 1.29. The number of methoxy groups -OCH3 is 2. The summed E-state index contributed by atoms with van der Waals surface area (Å²) in [6.07, 6.45) is 0. The molecule has 3 heteroatoms. The first kappa shape index (κ1) is 11.1. The fourth-order valence-electron chi connectivity index (χ4n) is 0.787. The summed E-state index contributed by atoms with van der Waals surface area (Å²) in [5.74, 6) is 1.54. The van der Waals surface area contributed by atoms with Gasteiger partial charge in [-0.3, -0.25) is 0 Å². The molecule has 0 aliphatic heterocycles. The van der Waals surface area contributed by atoms with Crippen LogP contribution >= 0.6 is 0 Å². The van der Waals surface area contributed by atoms with E-state index < -0.39 is 0 Å². The van der Waals surface area contributed by atoms with Crippen molar-refractivity contribution in [2.45, 2.75) is 0 Å². The Bertz CT molecular complexity index is 190. The average molecular weight is 180 g/mol. The Morgan fingerprint density at radius 3 is 1.55 bits per heavy atom. The van der Waals surface area contributed by atoms with Crippen molar-refractivity contribution in [3.05, 3.63) is 24.3 Å². The third kappa shape index (κ3) is 2.89. The molecule has 1 aromatic rings. The van der Waals surface area contributed by atoms with Crippen LogP contribution in [0.3, 0.4) is 0 Å². The molecule has 11 heavy (non-hydrogen) atoms. The second kappa shape index (κ2) is 5.69. The SMILES string of the molecule is COc1ccccc1OC.[CaH2]. The molecule has 2 nitrogen and oxygen atoms in total. The van der Waals surface area contributed by atoms with E-state index >= 15 is 0 Å². The summed E-state index contributed by atoms with van der Waals surface area (Å²) in [5, 5.41) is 0. The first-order chi connectivity index (χ1) is 4.88. The van der Waals surface area contributed by atoms with Crippen LogP contribution in [0.25, 0.3) is 0 Å². The molecule has 1 aromatic carbocycles. The molecule has 1 rings (SSSR count).